The molecule has 0 bridgehead atoms. The van der Waals surface area contributed by atoms with Crippen molar-refractivity contribution in [1.29, 1.82) is 0 Å². The molecule has 1 N–H and O–H groups in total. The molecule has 1 heterocycles. The van der Waals surface area contributed by atoms with Crippen molar-refractivity contribution in [2.24, 2.45) is 0 Å². The molecule has 56 valence electrons. The van der Waals surface area contributed by atoms with Crippen LogP contribution >= 0.6 is 22.6 Å². The van der Waals surface area contributed by atoms with Crippen LogP contribution in [0.4, 0.5) is 4.39 Å². The molecule has 0 fully saturated rings. The topological polar surface area (TPSA) is 41.6 Å². The van der Waals surface area contributed by atoms with Gasteiger partial charge in [-0.25, -0.2) is 4.39 Å². The Balaban J connectivity index is 2.86. The van der Waals surface area contributed by atoms with E-state index in [1.54, 1.807) is 6.07 Å². The number of benzene rings is 1. The molecule has 0 saturated carbocycles. The van der Waals surface area contributed by atoms with Gasteiger partial charge in [0.05, 0.1) is 9.09 Å². The third kappa shape index (κ3) is 1.09. The van der Waals surface area contributed by atoms with Crippen LogP contribution in [-0.4, -0.2) is 15.4 Å². The van der Waals surface area contributed by atoms with E-state index < -0.39 is 0 Å². The fraction of sp³-hybridized carbons (Fsp3) is 0. The molecular formula is C6H3FIN3. The summed E-state index contributed by atoms with van der Waals surface area (Å²) in [6.45, 7) is 0. The number of nitrogens with zero attached hydrogens (tertiary/aromatic N) is 2. The number of hydrogen-bond donors (Lipinski definition) is 1. The molecule has 2 aromatic rings. The Morgan fingerprint density at radius 1 is 1.45 bits per heavy atom. The first-order valence-corrected chi connectivity index (χ1v) is 4.01. The largest absolute Gasteiger partial charge is 0.258 e. The predicted molar refractivity (Wildman–Crippen MR) is 46.6 cm³/mol. The molecule has 3 nitrogen and oxygen atoms in total. The first-order valence-electron chi connectivity index (χ1n) is 2.93. The van der Waals surface area contributed by atoms with E-state index in [4.69, 9.17) is 0 Å². The van der Waals surface area contributed by atoms with Gasteiger partial charge in [-0.15, -0.1) is 5.10 Å². The molecule has 5 heteroatoms. The van der Waals surface area contributed by atoms with Crippen LogP contribution in [0.3, 0.4) is 0 Å². The zero-order valence-electron chi connectivity index (χ0n) is 5.31. The summed E-state index contributed by atoms with van der Waals surface area (Å²) < 4.78 is 13.4. The highest BCUT2D eigenvalue weighted by molar-refractivity contribution is 14.1. The number of aromatic amines is 1. The normalized spacial score (nSPS) is 10.7. The van der Waals surface area contributed by atoms with Crippen molar-refractivity contribution < 1.29 is 4.39 Å². The first-order chi connectivity index (χ1) is 5.27. The Hall–Kier alpha value is -0.720. The van der Waals surface area contributed by atoms with Crippen LogP contribution in [0.5, 0.6) is 0 Å². The van der Waals surface area contributed by atoms with Gasteiger partial charge in [-0.1, -0.05) is 5.21 Å². The third-order valence-electron chi connectivity index (χ3n) is 1.37. The summed E-state index contributed by atoms with van der Waals surface area (Å²) in [6.07, 6.45) is 0. The Labute approximate surface area is 75.1 Å². The van der Waals surface area contributed by atoms with Gasteiger partial charge in [0.25, 0.3) is 0 Å². The molecule has 11 heavy (non-hydrogen) atoms. The molecule has 0 radical (unpaired) electrons. The maximum Gasteiger partial charge on any atom is 0.138 e. The number of fused-ring (bicyclic) bond motifs is 1. The lowest BCUT2D eigenvalue weighted by Crippen LogP contribution is -1.80. The van der Waals surface area contributed by atoms with Gasteiger partial charge < -0.3 is 0 Å². The predicted octanol–water partition coefficient (Wildman–Crippen LogP) is 1.70. The van der Waals surface area contributed by atoms with Gasteiger partial charge in [0.15, 0.2) is 0 Å². The highest BCUT2D eigenvalue weighted by Crippen LogP contribution is 2.16. The molecule has 1 aromatic carbocycles. The second-order valence-electron chi connectivity index (χ2n) is 2.10. The molecule has 0 atom stereocenters. The van der Waals surface area contributed by atoms with Gasteiger partial charge >= 0.3 is 0 Å². The zero-order chi connectivity index (χ0) is 7.84. The smallest absolute Gasteiger partial charge is 0.138 e. The van der Waals surface area contributed by atoms with Crippen molar-refractivity contribution in [3.05, 3.63) is 21.5 Å². The lowest BCUT2D eigenvalue weighted by Gasteiger charge is -1.91. The quantitative estimate of drug-likeness (QED) is 0.735. The second kappa shape index (κ2) is 2.40. The van der Waals surface area contributed by atoms with Gasteiger partial charge in [-0.05, 0) is 28.7 Å². The maximum absolute atomic E-state index is 12.8. The minimum atomic E-state index is -0.257. The van der Waals surface area contributed by atoms with Crippen molar-refractivity contribution in [3.8, 4) is 0 Å². The Morgan fingerprint density at radius 2 is 2.27 bits per heavy atom. The highest BCUT2D eigenvalue weighted by atomic mass is 127. The summed E-state index contributed by atoms with van der Waals surface area (Å²) in [6, 6.07) is 3.03. The number of H-pyrrole nitrogens is 1. The lowest BCUT2D eigenvalue weighted by atomic mass is 10.3. The summed E-state index contributed by atoms with van der Waals surface area (Å²) in [5.41, 5.74) is 1.32. The Bertz CT molecular complexity index is 362. The number of halogens is 2. The van der Waals surface area contributed by atoms with Crippen molar-refractivity contribution >= 4 is 33.6 Å². The van der Waals surface area contributed by atoms with E-state index in [-0.39, 0.29) is 5.82 Å². The molecule has 1 aromatic heterocycles. The van der Waals surface area contributed by atoms with Gasteiger partial charge in [-0.3, -0.25) is 5.10 Å². The van der Waals surface area contributed by atoms with Gasteiger partial charge in [-0.2, -0.15) is 0 Å². The van der Waals surface area contributed by atoms with Crippen molar-refractivity contribution in [3.63, 3.8) is 0 Å². The number of rotatable bonds is 0. The standard InChI is InChI=1S/C6H3FIN3/c7-3-1-5-6(2-4(3)8)10-11-9-5/h1-2H,(H,9,10,11). The zero-order valence-corrected chi connectivity index (χ0v) is 7.46. The van der Waals surface area contributed by atoms with E-state index in [0.717, 1.165) is 5.52 Å². The molecule has 0 saturated heterocycles. The fourth-order valence-corrected chi connectivity index (χ4v) is 1.31. The SMILES string of the molecule is Fc1cc2nn[nH]c2cc1I. The van der Waals surface area contributed by atoms with Crippen LogP contribution in [0.2, 0.25) is 0 Å². The highest BCUT2D eigenvalue weighted by Gasteiger charge is 2.03. The average molecular weight is 263 g/mol. The molecule has 0 unspecified atom stereocenters. The third-order valence-corrected chi connectivity index (χ3v) is 2.19. The van der Waals surface area contributed by atoms with Crippen LogP contribution in [0.25, 0.3) is 11.0 Å². The molecular weight excluding hydrogens is 260 g/mol. The van der Waals surface area contributed by atoms with Crippen LogP contribution in [-0.2, 0) is 0 Å². The van der Waals surface area contributed by atoms with Gasteiger partial charge in [0, 0.05) is 6.07 Å². The monoisotopic (exact) mass is 263 g/mol. The van der Waals surface area contributed by atoms with E-state index >= 15 is 0 Å². The van der Waals surface area contributed by atoms with E-state index in [0.29, 0.717) is 9.09 Å². The molecule has 0 aliphatic heterocycles. The van der Waals surface area contributed by atoms with Crippen molar-refractivity contribution in [1.82, 2.24) is 15.4 Å². The summed E-state index contributed by atoms with van der Waals surface area (Å²) in [4.78, 5) is 0. The van der Waals surface area contributed by atoms with Crippen LogP contribution in [0, 0.1) is 9.39 Å². The van der Waals surface area contributed by atoms with Crippen LogP contribution in [0.15, 0.2) is 12.1 Å². The molecule has 0 amide bonds. The number of nitrogens with one attached hydrogen (secondary N) is 1. The van der Waals surface area contributed by atoms with E-state index in [1.807, 2.05) is 22.6 Å². The van der Waals surface area contributed by atoms with Gasteiger partial charge in [0.2, 0.25) is 0 Å². The lowest BCUT2D eigenvalue weighted by molar-refractivity contribution is 0.622. The minimum absolute atomic E-state index is 0.257. The molecule has 2 rings (SSSR count). The van der Waals surface area contributed by atoms with E-state index in [2.05, 4.69) is 15.4 Å². The molecule has 0 aliphatic carbocycles. The van der Waals surface area contributed by atoms with Crippen LogP contribution in [0.1, 0.15) is 0 Å². The number of aromatic nitrogens is 3. The first kappa shape index (κ1) is 6.96. The second-order valence-corrected chi connectivity index (χ2v) is 3.26. The summed E-state index contributed by atoms with van der Waals surface area (Å²) in [5, 5.41) is 9.87. The Morgan fingerprint density at radius 3 is 3.09 bits per heavy atom. The average Bonchev–Trinajstić information content (AvgIpc) is 2.36. The van der Waals surface area contributed by atoms with Crippen molar-refractivity contribution in [2.45, 2.75) is 0 Å². The summed E-state index contributed by atoms with van der Waals surface area (Å²) in [7, 11) is 0. The van der Waals surface area contributed by atoms with Crippen molar-refractivity contribution in [2.75, 3.05) is 0 Å². The molecule has 0 aliphatic rings. The summed E-state index contributed by atoms with van der Waals surface area (Å²) in [5.74, 6) is -0.257. The van der Waals surface area contributed by atoms with E-state index in [1.165, 1.54) is 6.07 Å². The van der Waals surface area contributed by atoms with E-state index in [9.17, 15) is 4.39 Å². The fourth-order valence-electron chi connectivity index (χ4n) is 0.841. The summed E-state index contributed by atoms with van der Waals surface area (Å²) >= 11 is 1.92. The van der Waals surface area contributed by atoms with Crippen LogP contribution < -0.4 is 0 Å². The molecule has 0 spiro atoms. The van der Waals surface area contributed by atoms with Gasteiger partial charge in [0.1, 0.15) is 11.3 Å². The Kier molecular flexibility index (Phi) is 1.52. The number of hydrogen-bond acceptors (Lipinski definition) is 2. The maximum atomic E-state index is 12.8. The minimum Gasteiger partial charge on any atom is -0.258 e.